The molecule has 3 nitrogen and oxygen atoms in total. The van der Waals surface area contributed by atoms with Crippen LogP contribution in [0.4, 0.5) is 0 Å². The van der Waals surface area contributed by atoms with Crippen molar-refractivity contribution in [1.82, 2.24) is 4.31 Å². The van der Waals surface area contributed by atoms with Crippen molar-refractivity contribution in [1.29, 1.82) is 0 Å². The smallest absolute Gasteiger partial charge is 0.262 e. The van der Waals surface area contributed by atoms with Crippen molar-refractivity contribution in [2.24, 2.45) is 0 Å². The fourth-order valence-electron chi connectivity index (χ4n) is 4.89. The highest BCUT2D eigenvalue weighted by molar-refractivity contribution is 7.89. The molecule has 0 amide bonds. The summed E-state index contributed by atoms with van der Waals surface area (Å²) in [6.45, 7) is 4.16. The van der Waals surface area contributed by atoms with E-state index in [0.29, 0.717) is 21.4 Å². The molecule has 1 aliphatic rings. The van der Waals surface area contributed by atoms with Crippen molar-refractivity contribution in [3.8, 4) is 0 Å². The molecule has 1 heterocycles. The van der Waals surface area contributed by atoms with Crippen LogP contribution in [0.5, 0.6) is 0 Å². The lowest BCUT2D eigenvalue weighted by Gasteiger charge is -2.29. The maximum Gasteiger partial charge on any atom is 0.264 e. The van der Waals surface area contributed by atoms with Crippen LogP contribution >= 0.6 is 23.2 Å². The van der Waals surface area contributed by atoms with Crippen LogP contribution in [0.15, 0.2) is 77.7 Å². The van der Waals surface area contributed by atoms with Crippen LogP contribution in [0.1, 0.15) is 68.6 Å². The zero-order chi connectivity index (χ0) is 25.7. The van der Waals surface area contributed by atoms with E-state index < -0.39 is 10.0 Å². The van der Waals surface area contributed by atoms with E-state index in [1.807, 2.05) is 67.6 Å². The Balaban J connectivity index is 1.83. The van der Waals surface area contributed by atoms with Crippen LogP contribution in [-0.4, -0.2) is 18.8 Å². The Morgan fingerprint density at radius 3 is 1.92 bits per heavy atom. The van der Waals surface area contributed by atoms with Gasteiger partial charge in [-0.15, -0.1) is 0 Å². The van der Waals surface area contributed by atoms with Gasteiger partial charge >= 0.3 is 0 Å². The standard InChI is InChI=1S/C30H33Cl2NO2S/c1-3-4-5-6-7-8-27-21-29(23-11-15-25(31)16-12-23)30(24-13-17-26(32)18-14-24)33(27)36(34,35)28-19-9-22(2)10-20-28/h9-20,27H,3-8,21H2,1-2H3/t27-/m0/s1. The lowest BCUT2D eigenvalue weighted by molar-refractivity contribution is 0.398. The zero-order valence-electron chi connectivity index (χ0n) is 20.9. The van der Waals surface area contributed by atoms with Gasteiger partial charge in [0.25, 0.3) is 10.0 Å². The summed E-state index contributed by atoms with van der Waals surface area (Å²) in [6.07, 6.45) is 7.12. The number of halogens is 2. The van der Waals surface area contributed by atoms with Crippen molar-refractivity contribution in [2.75, 3.05) is 0 Å². The second-order valence-corrected chi connectivity index (χ2v) is 12.2. The van der Waals surface area contributed by atoms with E-state index in [-0.39, 0.29) is 6.04 Å². The van der Waals surface area contributed by atoms with Crippen molar-refractivity contribution >= 4 is 44.5 Å². The van der Waals surface area contributed by atoms with E-state index in [4.69, 9.17) is 23.2 Å². The van der Waals surface area contributed by atoms with E-state index in [0.717, 1.165) is 47.2 Å². The number of nitrogens with zero attached hydrogens (tertiary/aromatic N) is 1. The number of hydrogen-bond donors (Lipinski definition) is 0. The number of sulfonamides is 1. The maximum absolute atomic E-state index is 14.2. The Morgan fingerprint density at radius 2 is 1.33 bits per heavy atom. The fraction of sp³-hybridized carbons (Fsp3) is 0.333. The minimum absolute atomic E-state index is 0.158. The number of benzene rings is 3. The van der Waals surface area contributed by atoms with E-state index in [1.54, 1.807) is 16.4 Å². The lowest BCUT2D eigenvalue weighted by Crippen LogP contribution is -2.35. The lowest BCUT2D eigenvalue weighted by atomic mass is 9.96. The second-order valence-electron chi connectivity index (χ2n) is 9.52. The number of rotatable bonds is 10. The molecular formula is C30H33Cl2NO2S. The average Bonchev–Trinajstić information content (AvgIpc) is 3.25. The molecule has 3 aromatic rings. The summed E-state index contributed by atoms with van der Waals surface area (Å²) in [4.78, 5) is 0.313. The SMILES string of the molecule is CCCCCCC[C@H]1CC(c2ccc(Cl)cc2)=C(c2ccc(Cl)cc2)N1S(=O)(=O)c1ccc(C)cc1. The van der Waals surface area contributed by atoms with E-state index in [2.05, 4.69) is 6.92 Å². The van der Waals surface area contributed by atoms with Crippen LogP contribution in [0.25, 0.3) is 11.3 Å². The molecule has 0 aromatic heterocycles. The van der Waals surface area contributed by atoms with Gasteiger partial charge in [-0.3, -0.25) is 4.31 Å². The summed E-state index contributed by atoms with van der Waals surface area (Å²) < 4.78 is 30.1. The summed E-state index contributed by atoms with van der Waals surface area (Å²) in [6, 6.07) is 22.1. The summed E-state index contributed by atoms with van der Waals surface area (Å²) in [5, 5.41) is 1.27. The van der Waals surface area contributed by atoms with Gasteiger partial charge in [-0.25, -0.2) is 8.42 Å². The molecule has 1 atom stereocenters. The fourth-order valence-corrected chi connectivity index (χ4v) is 6.88. The van der Waals surface area contributed by atoms with Gasteiger partial charge in [0.1, 0.15) is 0 Å². The summed E-state index contributed by atoms with van der Waals surface area (Å²) in [5.74, 6) is 0. The highest BCUT2D eigenvalue weighted by atomic mass is 35.5. The molecule has 0 saturated carbocycles. The van der Waals surface area contributed by atoms with Gasteiger partial charge in [0.2, 0.25) is 0 Å². The summed E-state index contributed by atoms with van der Waals surface area (Å²) in [7, 11) is -3.79. The van der Waals surface area contributed by atoms with Crippen molar-refractivity contribution in [3.63, 3.8) is 0 Å². The number of unbranched alkanes of at least 4 members (excludes halogenated alkanes) is 4. The second kappa shape index (κ2) is 11.9. The Labute approximate surface area is 225 Å². The molecular weight excluding hydrogens is 509 g/mol. The highest BCUT2D eigenvalue weighted by Crippen LogP contribution is 2.46. The molecule has 0 spiro atoms. The monoisotopic (exact) mass is 541 g/mol. The van der Waals surface area contributed by atoms with Gasteiger partial charge < -0.3 is 0 Å². The molecule has 4 rings (SSSR count). The molecule has 0 aliphatic carbocycles. The predicted octanol–water partition coefficient (Wildman–Crippen LogP) is 8.99. The molecule has 0 N–H and O–H groups in total. The first kappa shape index (κ1) is 26.8. The van der Waals surface area contributed by atoms with Gasteiger partial charge in [0.05, 0.1) is 10.6 Å². The summed E-state index contributed by atoms with van der Waals surface area (Å²) >= 11 is 12.4. The quantitative estimate of drug-likeness (QED) is 0.240. The van der Waals surface area contributed by atoms with E-state index in [1.165, 1.54) is 19.3 Å². The van der Waals surface area contributed by atoms with E-state index in [9.17, 15) is 8.42 Å². The molecule has 0 fully saturated rings. The van der Waals surface area contributed by atoms with Crippen LogP contribution in [-0.2, 0) is 10.0 Å². The average molecular weight is 543 g/mol. The molecule has 1 aliphatic heterocycles. The first-order chi connectivity index (χ1) is 17.3. The molecule has 0 saturated heterocycles. The Kier molecular flexibility index (Phi) is 8.82. The minimum Gasteiger partial charge on any atom is -0.262 e. The largest absolute Gasteiger partial charge is 0.264 e. The van der Waals surface area contributed by atoms with Crippen LogP contribution in [0.2, 0.25) is 10.0 Å². The third-order valence-corrected chi connectivity index (χ3v) is 9.18. The van der Waals surface area contributed by atoms with E-state index >= 15 is 0 Å². The Morgan fingerprint density at radius 1 is 0.778 bits per heavy atom. The van der Waals surface area contributed by atoms with Crippen LogP contribution in [0, 0.1) is 6.92 Å². The Hall–Kier alpha value is -2.27. The molecule has 190 valence electrons. The predicted molar refractivity (Wildman–Crippen MR) is 152 cm³/mol. The normalized spacial score (nSPS) is 16.1. The highest BCUT2D eigenvalue weighted by Gasteiger charge is 2.40. The van der Waals surface area contributed by atoms with Crippen molar-refractivity contribution in [2.45, 2.75) is 69.7 Å². The number of hydrogen-bond acceptors (Lipinski definition) is 2. The molecule has 0 bridgehead atoms. The molecule has 0 radical (unpaired) electrons. The summed E-state index contributed by atoms with van der Waals surface area (Å²) in [5.41, 5.74) is 4.60. The molecule has 36 heavy (non-hydrogen) atoms. The molecule has 0 unspecified atom stereocenters. The third-order valence-electron chi connectivity index (χ3n) is 6.81. The first-order valence-corrected chi connectivity index (χ1v) is 14.9. The van der Waals surface area contributed by atoms with Crippen molar-refractivity contribution < 1.29 is 8.42 Å². The van der Waals surface area contributed by atoms with Crippen LogP contribution in [0.3, 0.4) is 0 Å². The maximum atomic E-state index is 14.2. The number of aryl methyl sites for hydroxylation is 1. The van der Waals surface area contributed by atoms with Gasteiger partial charge in [-0.2, -0.15) is 0 Å². The topological polar surface area (TPSA) is 37.4 Å². The van der Waals surface area contributed by atoms with Gasteiger partial charge in [-0.05, 0) is 72.9 Å². The zero-order valence-corrected chi connectivity index (χ0v) is 23.2. The van der Waals surface area contributed by atoms with Gasteiger partial charge in [0.15, 0.2) is 0 Å². The van der Waals surface area contributed by atoms with Crippen LogP contribution < -0.4 is 0 Å². The third kappa shape index (κ3) is 5.99. The Bertz CT molecular complexity index is 1300. The minimum atomic E-state index is -3.79. The van der Waals surface area contributed by atoms with Crippen molar-refractivity contribution in [3.05, 3.63) is 99.5 Å². The van der Waals surface area contributed by atoms with Gasteiger partial charge in [0, 0.05) is 16.1 Å². The molecule has 6 heteroatoms. The molecule has 3 aromatic carbocycles. The van der Waals surface area contributed by atoms with Gasteiger partial charge in [-0.1, -0.05) is 104 Å². The first-order valence-electron chi connectivity index (χ1n) is 12.7.